The molecule has 0 amide bonds. The molecule has 0 aliphatic heterocycles. The van der Waals surface area contributed by atoms with Crippen LogP contribution in [0, 0.1) is 11.8 Å². The number of carbonyl (C=O) groups excluding carboxylic acids is 2. The monoisotopic (exact) mass is 120 g/mol. The summed E-state index contributed by atoms with van der Waals surface area (Å²) in [7, 11) is 0. The maximum absolute atomic E-state index is 10.5. The number of rotatable bonds is 0. The summed E-state index contributed by atoms with van der Waals surface area (Å²) < 4.78 is 0. The predicted molar refractivity (Wildman–Crippen MR) is 31.5 cm³/mol. The number of allylic oxidation sites excluding steroid dienone is 2. The van der Waals surface area contributed by atoms with E-state index < -0.39 is 11.6 Å². The van der Waals surface area contributed by atoms with Crippen LogP contribution in [0.4, 0.5) is 0 Å². The molecular formula is C7H4O2. The molecule has 9 heavy (non-hydrogen) atoms. The molecule has 1 aliphatic carbocycles. The van der Waals surface area contributed by atoms with E-state index in [-0.39, 0.29) is 0 Å². The summed E-state index contributed by atoms with van der Waals surface area (Å²) in [5.41, 5.74) is 0.652. The fourth-order valence-electron chi connectivity index (χ4n) is 0.515. The summed E-state index contributed by atoms with van der Waals surface area (Å²) >= 11 is 0. The van der Waals surface area contributed by atoms with Crippen molar-refractivity contribution in [2.75, 3.05) is 0 Å². The Kier molecular flexibility index (Phi) is 1.20. The van der Waals surface area contributed by atoms with Crippen molar-refractivity contribution in [1.82, 2.24) is 0 Å². The maximum atomic E-state index is 10.5. The Balaban J connectivity index is 3.05. The Morgan fingerprint density at radius 3 is 2.44 bits per heavy atom. The van der Waals surface area contributed by atoms with Crippen LogP contribution >= 0.6 is 0 Å². The molecule has 0 unspecified atom stereocenters. The smallest absolute Gasteiger partial charge is 0.276 e. The third-order valence-electron chi connectivity index (χ3n) is 0.945. The van der Waals surface area contributed by atoms with E-state index in [0.717, 1.165) is 0 Å². The van der Waals surface area contributed by atoms with Gasteiger partial charge in [0, 0.05) is 11.6 Å². The fourth-order valence-corrected chi connectivity index (χ4v) is 0.515. The van der Waals surface area contributed by atoms with Crippen LogP contribution in [-0.2, 0) is 9.59 Å². The van der Waals surface area contributed by atoms with Gasteiger partial charge in [-0.1, -0.05) is 5.92 Å². The number of ketones is 2. The van der Waals surface area contributed by atoms with E-state index in [1.165, 1.54) is 6.08 Å². The minimum absolute atomic E-state index is 0.508. The molecule has 0 aromatic carbocycles. The van der Waals surface area contributed by atoms with Gasteiger partial charge in [0.15, 0.2) is 0 Å². The van der Waals surface area contributed by atoms with E-state index in [0.29, 0.717) is 5.57 Å². The maximum Gasteiger partial charge on any atom is 0.276 e. The van der Waals surface area contributed by atoms with Crippen molar-refractivity contribution in [1.29, 1.82) is 0 Å². The van der Waals surface area contributed by atoms with Crippen LogP contribution in [0.2, 0.25) is 0 Å². The molecule has 0 saturated carbocycles. The van der Waals surface area contributed by atoms with E-state index in [2.05, 4.69) is 11.8 Å². The zero-order valence-corrected chi connectivity index (χ0v) is 4.89. The molecule has 0 bridgehead atoms. The van der Waals surface area contributed by atoms with Gasteiger partial charge in [-0.25, -0.2) is 0 Å². The lowest BCUT2D eigenvalue weighted by atomic mass is 10.1. The molecule has 0 aromatic rings. The molecule has 1 aliphatic rings. The van der Waals surface area contributed by atoms with Gasteiger partial charge < -0.3 is 0 Å². The van der Waals surface area contributed by atoms with Gasteiger partial charge in [-0.2, -0.15) is 0 Å². The SMILES string of the molecule is CC1=CC(=O)C(=O)C#C1. The van der Waals surface area contributed by atoms with Gasteiger partial charge in [-0.3, -0.25) is 9.59 Å². The molecule has 0 aromatic heterocycles. The predicted octanol–water partition coefficient (Wildman–Crippen LogP) is 0.0879. The van der Waals surface area contributed by atoms with Crippen LogP contribution in [-0.4, -0.2) is 11.6 Å². The molecule has 2 heteroatoms. The molecule has 0 fully saturated rings. The Bertz CT molecular complexity index is 260. The summed E-state index contributed by atoms with van der Waals surface area (Å²) in [6, 6.07) is 0. The lowest BCUT2D eigenvalue weighted by molar-refractivity contribution is -0.130. The van der Waals surface area contributed by atoms with Gasteiger partial charge in [0.2, 0.25) is 5.78 Å². The van der Waals surface area contributed by atoms with E-state index in [1.54, 1.807) is 6.92 Å². The molecule has 0 spiro atoms. The molecule has 44 valence electrons. The van der Waals surface area contributed by atoms with E-state index in [1.807, 2.05) is 0 Å². The lowest BCUT2D eigenvalue weighted by Crippen LogP contribution is -2.11. The quantitative estimate of drug-likeness (QED) is 0.258. The summed E-state index contributed by atoms with van der Waals surface area (Å²) in [5.74, 6) is 3.56. The number of hydrogen-bond acceptors (Lipinski definition) is 2. The van der Waals surface area contributed by atoms with Crippen molar-refractivity contribution in [2.24, 2.45) is 0 Å². The second-order valence-electron chi connectivity index (χ2n) is 1.77. The summed E-state index contributed by atoms with van der Waals surface area (Å²) in [6.07, 6.45) is 1.25. The van der Waals surface area contributed by atoms with Crippen molar-refractivity contribution in [3.63, 3.8) is 0 Å². The summed E-state index contributed by atoms with van der Waals surface area (Å²) in [5, 5.41) is 0. The standard InChI is InChI=1S/C7H4O2/c1-5-2-3-6(8)7(9)4-5/h4H,1H3. The van der Waals surface area contributed by atoms with Gasteiger partial charge >= 0.3 is 0 Å². The van der Waals surface area contributed by atoms with Gasteiger partial charge in [-0.05, 0) is 12.8 Å². The average Bonchev–Trinajstić information content (AvgIpc) is 1.80. The fraction of sp³-hybridized carbons (Fsp3) is 0.143. The molecular weight excluding hydrogens is 116 g/mol. The van der Waals surface area contributed by atoms with Crippen molar-refractivity contribution < 1.29 is 9.59 Å². The largest absolute Gasteiger partial charge is 0.285 e. The molecule has 1 rings (SSSR count). The van der Waals surface area contributed by atoms with Crippen LogP contribution in [0.3, 0.4) is 0 Å². The average molecular weight is 120 g/mol. The first-order valence-electron chi connectivity index (χ1n) is 2.49. The van der Waals surface area contributed by atoms with Crippen molar-refractivity contribution in [3.05, 3.63) is 11.6 Å². The van der Waals surface area contributed by atoms with Gasteiger partial charge in [-0.15, -0.1) is 0 Å². The number of carbonyl (C=O) groups is 2. The van der Waals surface area contributed by atoms with Crippen molar-refractivity contribution >= 4 is 11.6 Å². The Hall–Kier alpha value is -1.36. The highest BCUT2D eigenvalue weighted by atomic mass is 16.2. The Morgan fingerprint density at radius 2 is 2.00 bits per heavy atom. The van der Waals surface area contributed by atoms with Crippen LogP contribution in [0.5, 0.6) is 0 Å². The van der Waals surface area contributed by atoms with Gasteiger partial charge in [0.1, 0.15) is 0 Å². The summed E-state index contributed by atoms with van der Waals surface area (Å²) in [6.45, 7) is 1.69. The molecule has 0 N–H and O–H groups in total. The number of hydrogen-bond donors (Lipinski definition) is 0. The Labute approximate surface area is 52.6 Å². The highest BCUT2D eigenvalue weighted by Crippen LogP contribution is 1.95. The first-order chi connectivity index (χ1) is 4.20. The minimum atomic E-state index is -0.611. The minimum Gasteiger partial charge on any atom is -0.285 e. The highest BCUT2D eigenvalue weighted by Gasteiger charge is 2.10. The second kappa shape index (κ2) is 1.87. The van der Waals surface area contributed by atoms with Gasteiger partial charge in [0.25, 0.3) is 5.78 Å². The zero-order valence-electron chi connectivity index (χ0n) is 4.89. The van der Waals surface area contributed by atoms with Gasteiger partial charge in [0.05, 0.1) is 0 Å². The molecule has 0 heterocycles. The van der Waals surface area contributed by atoms with E-state index >= 15 is 0 Å². The van der Waals surface area contributed by atoms with Crippen molar-refractivity contribution in [3.8, 4) is 11.8 Å². The lowest BCUT2D eigenvalue weighted by Gasteiger charge is -1.91. The van der Waals surface area contributed by atoms with E-state index in [4.69, 9.17) is 0 Å². The van der Waals surface area contributed by atoms with Crippen LogP contribution in [0.15, 0.2) is 11.6 Å². The number of Topliss-reactive ketones (excluding diaryl/α,β-unsaturated/α-hetero) is 1. The topological polar surface area (TPSA) is 34.1 Å². The van der Waals surface area contributed by atoms with Crippen molar-refractivity contribution in [2.45, 2.75) is 6.92 Å². The Morgan fingerprint density at radius 1 is 1.33 bits per heavy atom. The third-order valence-corrected chi connectivity index (χ3v) is 0.945. The normalized spacial score (nSPS) is 16.3. The first kappa shape index (κ1) is 5.77. The van der Waals surface area contributed by atoms with Crippen LogP contribution < -0.4 is 0 Å². The zero-order chi connectivity index (χ0) is 6.85. The second-order valence-corrected chi connectivity index (χ2v) is 1.77. The molecule has 0 atom stereocenters. The van der Waals surface area contributed by atoms with Crippen LogP contribution in [0.1, 0.15) is 6.92 Å². The van der Waals surface area contributed by atoms with E-state index in [9.17, 15) is 9.59 Å². The first-order valence-corrected chi connectivity index (χ1v) is 2.49. The molecule has 0 saturated heterocycles. The third kappa shape index (κ3) is 1.06. The highest BCUT2D eigenvalue weighted by molar-refractivity contribution is 6.48. The van der Waals surface area contributed by atoms with Crippen LogP contribution in [0.25, 0.3) is 0 Å². The molecule has 2 nitrogen and oxygen atoms in total. The summed E-state index contributed by atoms with van der Waals surface area (Å²) in [4.78, 5) is 20.8. The molecule has 0 radical (unpaired) electrons.